The highest BCUT2D eigenvalue weighted by Crippen LogP contribution is 2.39. The third kappa shape index (κ3) is 2.44. The predicted molar refractivity (Wildman–Crippen MR) is 76.8 cm³/mol. The van der Waals surface area contributed by atoms with Gasteiger partial charge in [0.25, 0.3) is 0 Å². The molecule has 3 rings (SSSR count). The van der Waals surface area contributed by atoms with Crippen LogP contribution in [0.25, 0.3) is 0 Å². The summed E-state index contributed by atoms with van der Waals surface area (Å²) in [5.74, 6) is 0.917. The number of hydrogen-bond acceptors (Lipinski definition) is 3. The number of carbonyl (C=O) groups excluding carboxylic acids is 1. The van der Waals surface area contributed by atoms with Crippen molar-refractivity contribution in [3.05, 3.63) is 0 Å². The molecule has 0 spiro atoms. The van der Waals surface area contributed by atoms with Gasteiger partial charge in [-0.25, -0.2) is 0 Å². The first-order valence-corrected chi connectivity index (χ1v) is 8.13. The number of hydrogen-bond donors (Lipinski definition) is 1. The first-order chi connectivity index (χ1) is 9.66. The zero-order chi connectivity index (χ0) is 14.2. The van der Waals surface area contributed by atoms with Crippen molar-refractivity contribution in [3.8, 4) is 6.07 Å². The molecule has 0 aromatic heterocycles. The Bertz CT molecular complexity index is 420. The van der Waals surface area contributed by atoms with Gasteiger partial charge in [-0.15, -0.1) is 0 Å². The molecule has 0 radical (unpaired) electrons. The summed E-state index contributed by atoms with van der Waals surface area (Å²) in [7, 11) is 0. The lowest BCUT2D eigenvalue weighted by Gasteiger charge is -2.33. The molecule has 2 saturated carbocycles. The Morgan fingerprint density at radius 3 is 2.50 bits per heavy atom. The Kier molecular flexibility index (Phi) is 3.72. The average molecular weight is 275 g/mol. The fourth-order valence-electron chi connectivity index (χ4n) is 3.96. The second kappa shape index (κ2) is 5.37. The van der Waals surface area contributed by atoms with E-state index in [9.17, 15) is 10.1 Å². The Morgan fingerprint density at radius 2 is 2.00 bits per heavy atom. The fraction of sp³-hybridized carbons (Fsp3) is 0.875. The SMILES string of the molecule is C[C@@H]1CCC[C@@]1(C#N)NC(=O)[C@@H](C1CC1)N1CCCC1. The minimum atomic E-state index is -0.607. The van der Waals surface area contributed by atoms with E-state index in [1.807, 2.05) is 0 Å². The van der Waals surface area contributed by atoms with Crippen molar-refractivity contribution >= 4 is 5.91 Å². The molecule has 0 bridgehead atoms. The molecule has 4 nitrogen and oxygen atoms in total. The van der Waals surface area contributed by atoms with Gasteiger partial charge in [-0.05, 0) is 69.9 Å². The van der Waals surface area contributed by atoms with Gasteiger partial charge in [-0.1, -0.05) is 6.92 Å². The van der Waals surface area contributed by atoms with Crippen LogP contribution in [0.15, 0.2) is 0 Å². The van der Waals surface area contributed by atoms with E-state index in [0.29, 0.717) is 5.92 Å². The van der Waals surface area contributed by atoms with E-state index in [0.717, 1.165) is 32.4 Å². The molecular formula is C16H25N3O. The summed E-state index contributed by atoms with van der Waals surface area (Å²) in [6.07, 6.45) is 7.66. The van der Waals surface area contributed by atoms with E-state index in [4.69, 9.17) is 0 Å². The second-order valence-corrected chi connectivity index (χ2v) is 6.89. The average Bonchev–Trinajstić information content (AvgIpc) is 2.97. The Balaban J connectivity index is 1.71. The maximum absolute atomic E-state index is 12.8. The lowest BCUT2D eigenvalue weighted by Crippen LogP contribution is -2.56. The molecule has 0 aromatic rings. The van der Waals surface area contributed by atoms with Crippen LogP contribution in [0.3, 0.4) is 0 Å². The van der Waals surface area contributed by atoms with Gasteiger partial charge >= 0.3 is 0 Å². The van der Waals surface area contributed by atoms with Crippen LogP contribution in [0.2, 0.25) is 0 Å². The summed E-state index contributed by atoms with van der Waals surface area (Å²) < 4.78 is 0. The van der Waals surface area contributed by atoms with E-state index in [1.54, 1.807) is 0 Å². The number of rotatable bonds is 4. The number of nitriles is 1. The minimum absolute atomic E-state index is 0.0236. The molecule has 3 atom stereocenters. The van der Waals surface area contributed by atoms with Gasteiger partial charge in [0.1, 0.15) is 5.54 Å². The maximum Gasteiger partial charge on any atom is 0.238 e. The largest absolute Gasteiger partial charge is 0.336 e. The monoisotopic (exact) mass is 275 g/mol. The highest BCUT2D eigenvalue weighted by molar-refractivity contribution is 5.83. The standard InChI is InChI=1S/C16H25N3O/c1-12-5-4-8-16(12,11-17)18-15(20)14(13-6-7-13)19-9-2-3-10-19/h12-14H,2-10H2,1H3,(H,18,20)/t12-,14-,16+/m1/s1. The third-order valence-corrected chi connectivity index (χ3v) is 5.47. The smallest absolute Gasteiger partial charge is 0.238 e. The Labute approximate surface area is 121 Å². The molecule has 3 fully saturated rings. The fourth-order valence-corrected chi connectivity index (χ4v) is 3.96. The minimum Gasteiger partial charge on any atom is -0.336 e. The highest BCUT2D eigenvalue weighted by atomic mass is 16.2. The second-order valence-electron chi connectivity index (χ2n) is 6.89. The van der Waals surface area contributed by atoms with E-state index in [2.05, 4.69) is 23.2 Å². The zero-order valence-electron chi connectivity index (χ0n) is 12.4. The number of carbonyl (C=O) groups is 1. The van der Waals surface area contributed by atoms with Gasteiger partial charge in [-0.3, -0.25) is 9.69 Å². The van der Waals surface area contributed by atoms with Crippen molar-refractivity contribution in [1.29, 1.82) is 5.26 Å². The van der Waals surface area contributed by atoms with Crippen LogP contribution in [0, 0.1) is 23.2 Å². The Morgan fingerprint density at radius 1 is 1.30 bits per heavy atom. The van der Waals surface area contributed by atoms with Gasteiger partial charge in [0.2, 0.25) is 5.91 Å². The van der Waals surface area contributed by atoms with Crippen LogP contribution in [0.5, 0.6) is 0 Å². The summed E-state index contributed by atoms with van der Waals surface area (Å²) in [5, 5.41) is 12.7. The number of amides is 1. The molecule has 110 valence electrons. The zero-order valence-corrected chi connectivity index (χ0v) is 12.4. The van der Waals surface area contributed by atoms with Crippen LogP contribution in [-0.4, -0.2) is 35.5 Å². The molecule has 1 amide bonds. The van der Waals surface area contributed by atoms with Crippen molar-refractivity contribution in [2.24, 2.45) is 11.8 Å². The normalized spacial score (nSPS) is 35.7. The molecule has 1 N–H and O–H groups in total. The molecule has 1 saturated heterocycles. The molecule has 1 aliphatic heterocycles. The molecule has 1 heterocycles. The van der Waals surface area contributed by atoms with Crippen LogP contribution < -0.4 is 5.32 Å². The van der Waals surface area contributed by atoms with E-state index in [1.165, 1.54) is 25.7 Å². The lowest BCUT2D eigenvalue weighted by atomic mass is 9.89. The number of nitrogens with one attached hydrogen (secondary N) is 1. The van der Waals surface area contributed by atoms with Crippen LogP contribution in [0.1, 0.15) is 51.9 Å². The first-order valence-electron chi connectivity index (χ1n) is 8.13. The predicted octanol–water partition coefficient (Wildman–Crippen LogP) is 2.06. The number of nitrogens with zero attached hydrogens (tertiary/aromatic N) is 2. The molecule has 0 aromatic carbocycles. The van der Waals surface area contributed by atoms with Gasteiger partial charge in [-0.2, -0.15) is 5.26 Å². The van der Waals surface area contributed by atoms with Crippen LogP contribution >= 0.6 is 0 Å². The first kappa shape index (κ1) is 13.9. The van der Waals surface area contributed by atoms with Crippen molar-refractivity contribution in [2.45, 2.75) is 63.5 Å². The third-order valence-electron chi connectivity index (χ3n) is 5.47. The maximum atomic E-state index is 12.8. The van der Waals surface area contributed by atoms with Crippen molar-refractivity contribution in [2.75, 3.05) is 13.1 Å². The van der Waals surface area contributed by atoms with Gasteiger partial charge < -0.3 is 5.32 Å². The summed E-state index contributed by atoms with van der Waals surface area (Å²) in [6, 6.07) is 2.44. The van der Waals surface area contributed by atoms with Crippen molar-refractivity contribution in [3.63, 3.8) is 0 Å². The molecular weight excluding hydrogens is 250 g/mol. The van der Waals surface area contributed by atoms with Gasteiger partial charge in [0, 0.05) is 0 Å². The summed E-state index contributed by atoms with van der Waals surface area (Å²) >= 11 is 0. The summed E-state index contributed by atoms with van der Waals surface area (Å²) in [4.78, 5) is 15.1. The van der Waals surface area contributed by atoms with Crippen LogP contribution in [0.4, 0.5) is 0 Å². The van der Waals surface area contributed by atoms with Gasteiger partial charge in [0.05, 0.1) is 12.1 Å². The molecule has 0 unspecified atom stereocenters. The van der Waals surface area contributed by atoms with E-state index < -0.39 is 5.54 Å². The molecule has 20 heavy (non-hydrogen) atoms. The molecule has 2 aliphatic carbocycles. The molecule has 4 heteroatoms. The van der Waals surface area contributed by atoms with Crippen molar-refractivity contribution < 1.29 is 4.79 Å². The topological polar surface area (TPSA) is 56.1 Å². The molecule has 3 aliphatic rings. The van der Waals surface area contributed by atoms with E-state index >= 15 is 0 Å². The number of likely N-dealkylation sites (tertiary alicyclic amines) is 1. The summed E-state index contributed by atoms with van der Waals surface area (Å²) in [6.45, 7) is 4.19. The van der Waals surface area contributed by atoms with Crippen LogP contribution in [-0.2, 0) is 4.79 Å². The summed E-state index contributed by atoms with van der Waals surface area (Å²) in [5.41, 5.74) is -0.607. The lowest BCUT2D eigenvalue weighted by molar-refractivity contribution is -0.128. The van der Waals surface area contributed by atoms with Gasteiger partial charge in [0.15, 0.2) is 0 Å². The Hall–Kier alpha value is -1.08. The quantitative estimate of drug-likeness (QED) is 0.854. The van der Waals surface area contributed by atoms with E-state index in [-0.39, 0.29) is 17.9 Å². The van der Waals surface area contributed by atoms with Crippen molar-refractivity contribution in [1.82, 2.24) is 10.2 Å². The highest BCUT2D eigenvalue weighted by Gasteiger charge is 2.47.